The Morgan fingerprint density at radius 2 is 2.07 bits per heavy atom. The van der Waals surface area contributed by atoms with E-state index in [2.05, 4.69) is 60.4 Å². The first kappa shape index (κ1) is 18.9. The topological polar surface area (TPSA) is 66.8 Å². The van der Waals surface area contributed by atoms with Crippen LogP contribution in [-0.2, 0) is 0 Å². The van der Waals surface area contributed by atoms with Crippen LogP contribution >= 0.6 is 0 Å². The van der Waals surface area contributed by atoms with Crippen LogP contribution in [0.4, 0.5) is 5.69 Å². The molecule has 0 saturated carbocycles. The molecule has 1 aromatic heterocycles. The lowest BCUT2D eigenvalue weighted by atomic mass is 9.80. The molecule has 0 radical (unpaired) electrons. The molecule has 6 nitrogen and oxygen atoms in total. The van der Waals surface area contributed by atoms with Crippen LogP contribution in [0.25, 0.3) is 0 Å². The number of methoxy groups -OCH3 is 1. The van der Waals surface area contributed by atoms with E-state index in [9.17, 15) is 4.79 Å². The molecule has 1 unspecified atom stereocenters. The summed E-state index contributed by atoms with van der Waals surface area (Å²) in [6, 6.07) is 7.44. The smallest absolute Gasteiger partial charge is 0.271 e. The van der Waals surface area contributed by atoms with E-state index in [4.69, 9.17) is 4.74 Å². The van der Waals surface area contributed by atoms with Crippen LogP contribution in [-0.4, -0.2) is 36.8 Å². The van der Waals surface area contributed by atoms with Gasteiger partial charge in [0.15, 0.2) is 0 Å². The first-order valence-corrected chi connectivity index (χ1v) is 9.02. The Labute approximate surface area is 160 Å². The van der Waals surface area contributed by atoms with E-state index in [1.807, 2.05) is 0 Å². The maximum atomic E-state index is 12.1. The average Bonchev–Trinajstić information content (AvgIpc) is 2.66. The molecule has 6 heteroatoms. The van der Waals surface area contributed by atoms with Gasteiger partial charge in [-0.25, -0.2) is 5.43 Å². The number of pyridine rings is 1. The van der Waals surface area contributed by atoms with Crippen molar-refractivity contribution in [2.24, 2.45) is 5.10 Å². The fraction of sp³-hybridized carbons (Fsp3) is 0.381. The molecule has 0 spiro atoms. The van der Waals surface area contributed by atoms with Crippen molar-refractivity contribution < 1.29 is 9.53 Å². The van der Waals surface area contributed by atoms with Gasteiger partial charge in [-0.3, -0.25) is 9.78 Å². The number of benzene rings is 1. The highest BCUT2D eigenvalue weighted by atomic mass is 16.5. The van der Waals surface area contributed by atoms with Crippen LogP contribution in [0.3, 0.4) is 0 Å². The van der Waals surface area contributed by atoms with Gasteiger partial charge in [-0.05, 0) is 49.9 Å². The van der Waals surface area contributed by atoms with Gasteiger partial charge in [-0.2, -0.15) is 5.10 Å². The number of anilines is 1. The molecule has 1 N–H and O–H groups in total. The molecule has 2 heterocycles. The average molecular weight is 366 g/mol. The molecule has 0 fully saturated rings. The van der Waals surface area contributed by atoms with E-state index in [1.165, 1.54) is 11.3 Å². The molecule has 27 heavy (non-hydrogen) atoms. The number of nitrogens with one attached hydrogen (secondary N) is 1. The molecule has 0 aliphatic carbocycles. The van der Waals surface area contributed by atoms with Crippen molar-refractivity contribution in [3.63, 3.8) is 0 Å². The minimum absolute atomic E-state index is 0.0888. The standard InChI is InChI=1S/C21H26N4O2/c1-14-12-21(2,3)25(4)18-11-19(27-5)16(10-17(14)18)13-23-24-20(26)15-6-8-22-9-7-15/h6-11,13-14H,12H2,1-5H3,(H,24,26)/b23-13-. The number of ether oxygens (including phenoxy) is 1. The van der Waals surface area contributed by atoms with Crippen molar-refractivity contribution in [3.8, 4) is 5.75 Å². The fourth-order valence-electron chi connectivity index (χ4n) is 3.62. The van der Waals surface area contributed by atoms with Gasteiger partial charge >= 0.3 is 0 Å². The first-order chi connectivity index (χ1) is 12.8. The van der Waals surface area contributed by atoms with Crippen molar-refractivity contribution >= 4 is 17.8 Å². The number of carbonyl (C=O) groups is 1. The number of hydrogen-bond donors (Lipinski definition) is 1. The largest absolute Gasteiger partial charge is 0.496 e. The number of hydrogen-bond acceptors (Lipinski definition) is 5. The second-order valence-electron chi connectivity index (χ2n) is 7.56. The molecule has 1 aliphatic heterocycles. The monoisotopic (exact) mass is 366 g/mol. The predicted octanol–water partition coefficient (Wildman–Crippen LogP) is 3.58. The SMILES string of the molecule is COc1cc2c(cc1/C=N\NC(=O)c1ccncc1)C(C)CC(C)(C)N2C. The zero-order valence-corrected chi connectivity index (χ0v) is 16.5. The molecular weight excluding hydrogens is 340 g/mol. The third-order valence-electron chi connectivity index (χ3n) is 5.30. The summed E-state index contributed by atoms with van der Waals surface area (Å²) < 4.78 is 5.57. The zero-order valence-electron chi connectivity index (χ0n) is 16.5. The van der Waals surface area contributed by atoms with Gasteiger partial charge in [0.05, 0.1) is 13.3 Å². The Hall–Kier alpha value is -2.89. The van der Waals surface area contributed by atoms with Gasteiger partial charge in [0.1, 0.15) is 5.75 Å². The summed E-state index contributed by atoms with van der Waals surface area (Å²) in [5.41, 5.74) is 6.43. The summed E-state index contributed by atoms with van der Waals surface area (Å²) in [5.74, 6) is 0.878. The minimum atomic E-state index is -0.277. The quantitative estimate of drug-likeness (QED) is 0.663. The molecule has 0 bridgehead atoms. The van der Waals surface area contributed by atoms with Gasteiger partial charge in [-0.15, -0.1) is 0 Å². The van der Waals surface area contributed by atoms with Crippen molar-refractivity contribution in [2.45, 2.75) is 38.6 Å². The summed E-state index contributed by atoms with van der Waals surface area (Å²) in [6.45, 7) is 6.75. The Bertz CT molecular complexity index is 862. The molecular formula is C21H26N4O2. The number of amides is 1. The molecule has 1 amide bonds. The highest BCUT2D eigenvalue weighted by Gasteiger charge is 2.34. The van der Waals surface area contributed by atoms with Gasteiger partial charge in [-0.1, -0.05) is 6.92 Å². The van der Waals surface area contributed by atoms with Crippen LogP contribution in [0.5, 0.6) is 5.75 Å². The zero-order chi connectivity index (χ0) is 19.6. The Morgan fingerprint density at radius 1 is 1.37 bits per heavy atom. The summed E-state index contributed by atoms with van der Waals surface area (Å²) in [6.07, 6.45) is 5.85. The number of hydrazone groups is 1. The molecule has 1 atom stereocenters. The highest BCUT2D eigenvalue weighted by Crippen LogP contribution is 2.44. The Kier molecular flexibility index (Phi) is 5.17. The van der Waals surface area contributed by atoms with Crippen molar-refractivity contribution in [3.05, 3.63) is 53.3 Å². The molecule has 0 saturated heterocycles. The van der Waals surface area contributed by atoms with Gasteiger partial charge in [0, 0.05) is 47.9 Å². The normalized spacial score (nSPS) is 18.3. The minimum Gasteiger partial charge on any atom is -0.496 e. The number of fused-ring (bicyclic) bond motifs is 1. The van der Waals surface area contributed by atoms with Crippen LogP contribution < -0.4 is 15.1 Å². The number of aromatic nitrogens is 1. The van der Waals surface area contributed by atoms with Crippen molar-refractivity contribution in [2.75, 3.05) is 19.1 Å². The summed E-state index contributed by atoms with van der Waals surface area (Å²) in [4.78, 5) is 18.3. The lowest BCUT2D eigenvalue weighted by molar-refractivity contribution is 0.0955. The van der Waals surface area contributed by atoms with Crippen LogP contribution in [0, 0.1) is 0 Å². The lowest BCUT2D eigenvalue weighted by Crippen LogP contribution is -2.45. The van der Waals surface area contributed by atoms with Crippen LogP contribution in [0.2, 0.25) is 0 Å². The molecule has 1 aromatic carbocycles. The highest BCUT2D eigenvalue weighted by molar-refractivity contribution is 5.95. The third kappa shape index (κ3) is 3.79. The maximum Gasteiger partial charge on any atom is 0.271 e. The molecule has 2 aromatic rings. The van der Waals surface area contributed by atoms with E-state index in [0.29, 0.717) is 11.5 Å². The molecule has 3 rings (SSSR count). The number of rotatable bonds is 4. The van der Waals surface area contributed by atoms with E-state index in [1.54, 1.807) is 37.9 Å². The van der Waals surface area contributed by atoms with Gasteiger partial charge in [0.2, 0.25) is 0 Å². The van der Waals surface area contributed by atoms with Gasteiger partial charge in [0.25, 0.3) is 5.91 Å². The van der Waals surface area contributed by atoms with E-state index >= 15 is 0 Å². The number of nitrogens with zero attached hydrogens (tertiary/aromatic N) is 3. The predicted molar refractivity (Wildman–Crippen MR) is 108 cm³/mol. The molecule has 142 valence electrons. The van der Waals surface area contributed by atoms with E-state index in [-0.39, 0.29) is 11.4 Å². The van der Waals surface area contributed by atoms with E-state index in [0.717, 1.165) is 17.7 Å². The lowest BCUT2D eigenvalue weighted by Gasteiger charge is -2.45. The van der Waals surface area contributed by atoms with Crippen LogP contribution in [0.1, 0.15) is 54.6 Å². The first-order valence-electron chi connectivity index (χ1n) is 9.02. The summed E-state index contributed by atoms with van der Waals surface area (Å²) in [7, 11) is 3.76. The fourth-order valence-corrected chi connectivity index (χ4v) is 3.62. The molecule has 1 aliphatic rings. The maximum absolute atomic E-state index is 12.1. The van der Waals surface area contributed by atoms with Crippen LogP contribution in [0.15, 0.2) is 41.8 Å². The second-order valence-corrected chi connectivity index (χ2v) is 7.56. The van der Waals surface area contributed by atoms with Gasteiger partial charge < -0.3 is 9.64 Å². The Morgan fingerprint density at radius 3 is 2.74 bits per heavy atom. The Balaban J connectivity index is 1.86. The van der Waals surface area contributed by atoms with Crippen molar-refractivity contribution in [1.82, 2.24) is 10.4 Å². The second kappa shape index (κ2) is 7.39. The van der Waals surface area contributed by atoms with Crippen molar-refractivity contribution in [1.29, 1.82) is 0 Å². The third-order valence-corrected chi connectivity index (χ3v) is 5.30. The van der Waals surface area contributed by atoms with E-state index < -0.39 is 0 Å². The summed E-state index contributed by atoms with van der Waals surface area (Å²) in [5, 5.41) is 4.11. The number of carbonyl (C=O) groups excluding carboxylic acids is 1. The summed E-state index contributed by atoms with van der Waals surface area (Å²) >= 11 is 0.